The van der Waals surface area contributed by atoms with Gasteiger partial charge in [-0.3, -0.25) is 9.13 Å². The number of nitrogens with zero attached hydrogens (tertiary/aromatic N) is 2. The van der Waals surface area contributed by atoms with Gasteiger partial charge in [-0.25, -0.2) is 4.79 Å². The molecular weight excluding hydrogens is 172 g/mol. The van der Waals surface area contributed by atoms with E-state index in [1.165, 1.54) is 10.8 Å². The summed E-state index contributed by atoms with van der Waals surface area (Å²) in [5, 5.41) is 18.0. The Morgan fingerprint density at radius 1 is 1.54 bits per heavy atom. The lowest BCUT2D eigenvalue weighted by Gasteiger charge is -2.03. The normalized spacial score (nSPS) is 11.1. The highest BCUT2D eigenvalue weighted by atomic mass is 16.3. The highest BCUT2D eigenvalue weighted by Gasteiger charge is 2.10. The molecule has 0 saturated heterocycles. The number of aromatic nitrogens is 2. The van der Waals surface area contributed by atoms with E-state index >= 15 is 0 Å². The van der Waals surface area contributed by atoms with Gasteiger partial charge in [-0.1, -0.05) is 0 Å². The largest absolute Gasteiger partial charge is 0.493 e. The van der Waals surface area contributed by atoms with Crippen molar-refractivity contribution < 1.29 is 10.2 Å². The fraction of sp³-hybridized carbons (Fsp3) is 0.625. The standard InChI is InChI=1S/C8H14N2O3/c1-6(2)10-5-7(12)9(3-4-11)8(10)13/h5-6,11-12H,3-4H2,1-2H3. The first-order valence-corrected chi connectivity index (χ1v) is 4.19. The summed E-state index contributed by atoms with van der Waals surface area (Å²) in [6.45, 7) is 3.67. The predicted molar refractivity (Wildman–Crippen MR) is 47.8 cm³/mol. The second-order valence-electron chi connectivity index (χ2n) is 3.15. The molecule has 0 amide bonds. The van der Waals surface area contributed by atoms with Gasteiger partial charge in [0.15, 0.2) is 0 Å². The Morgan fingerprint density at radius 3 is 2.54 bits per heavy atom. The molecule has 0 unspecified atom stereocenters. The van der Waals surface area contributed by atoms with Gasteiger partial charge in [0.1, 0.15) is 0 Å². The quantitative estimate of drug-likeness (QED) is 0.694. The maximum absolute atomic E-state index is 11.5. The lowest BCUT2D eigenvalue weighted by atomic mass is 10.4. The van der Waals surface area contributed by atoms with Crippen LogP contribution in [0.4, 0.5) is 0 Å². The number of aromatic hydroxyl groups is 1. The zero-order valence-electron chi connectivity index (χ0n) is 7.77. The van der Waals surface area contributed by atoms with Crippen molar-refractivity contribution >= 4 is 0 Å². The second kappa shape index (κ2) is 3.66. The zero-order chi connectivity index (χ0) is 10.0. The molecule has 1 rings (SSSR count). The minimum Gasteiger partial charge on any atom is -0.493 e. The van der Waals surface area contributed by atoms with Crippen LogP contribution < -0.4 is 5.69 Å². The molecule has 2 N–H and O–H groups in total. The molecule has 1 aromatic heterocycles. The van der Waals surface area contributed by atoms with Crippen LogP contribution in [0.15, 0.2) is 11.0 Å². The van der Waals surface area contributed by atoms with Gasteiger partial charge in [-0.15, -0.1) is 0 Å². The molecule has 5 nitrogen and oxygen atoms in total. The summed E-state index contributed by atoms with van der Waals surface area (Å²) in [6.07, 6.45) is 1.38. The molecule has 0 aliphatic carbocycles. The summed E-state index contributed by atoms with van der Waals surface area (Å²) in [5.41, 5.74) is -0.290. The molecule has 0 aliphatic rings. The lowest BCUT2D eigenvalue weighted by molar-refractivity contribution is 0.264. The summed E-state index contributed by atoms with van der Waals surface area (Å²) in [7, 11) is 0. The van der Waals surface area contributed by atoms with Gasteiger partial charge in [0.05, 0.1) is 19.3 Å². The molecule has 74 valence electrons. The van der Waals surface area contributed by atoms with E-state index in [-0.39, 0.29) is 30.8 Å². The van der Waals surface area contributed by atoms with E-state index in [1.54, 1.807) is 0 Å². The molecule has 0 fully saturated rings. The second-order valence-corrected chi connectivity index (χ2v) is 3.15. The number of rotatable bonds is 3. The monoisotopic (exact) mass is 186 g/mol. The van der Waals surface area contributed by atoms with Gasteiger partial charge in [-0.05, 0) is 13.8 Å². The molecular formula is C8H14N2O3. The third-order valence-corrected chi connectivity index (χ3v) is 1.86. The van der Waals surface area contributed by atoms with E-state index in [0.29, 0.717) is 0 Å². The lowest BCUT2D eigenvalue weighted by Crippen LogP contribution is -2.26. The molecule has 0 aliphatic heterocycles. The molecule has 1 aromatic rings. The molecule has 0 radical (unpaired) electrons. The first-order chi connectivity index (χ1) is 6.07. The molecule has 13 heavy (non-hydrogen) atoms. The number of aliphatic hydroxyl groups is 1. The highest BCUT2D eigenvalue weighted by Crippen LogP contribution is 2.09. The van der Waals surface area contributed by atoms with Crippen molar-refractivity contribution in [2.75, 3.05) is 6.61 Å². The molecule has 1 heterocycles. The Hall–Kier alpha value is -1.23. The molecule has 0 spiro atoms. The molecule has 0 aromatic carbocycles. The number of hydrogen-bond acceptors (Lipinski definition) is 3. The van der Waals surface area contributed by atoms with Gasteiger partial charge in [0.2, 0.25) is 5.88 Å². The summed E-state index contributed by atoms with van der Waals surface area (Å²) in [5.74, 6) is -0.104. The molecule has 5 heteroatoms. The van der Waals surface area contributed by atoms with Gasteiger partial charge >= 0.3 is 5.69 Å². The Kier molecular flexibility index (Phi) is 2.77. The van der Waals surface area contributed by atoms with Crippen LogP contribution in [0.1, 0.15) is 19.9 Å². The van der Waals surface area contributed by atoms with Crippen LogP contribution in [-0.4, -0.2) is 26.0 Å². The summed E-state index contributed by atoms with van der Waals surface area (Å²) in [4.78, 5) is 11.5. The van der Waals surface area contributed by atoms with Crippen LogP contribution in [0.25, 0.3) is 0 Å². The van der Waals surface area contributed by atoms with Crippen LogP contribution in [0.5, 0.6) is 5.88 Å². The van der Waals surface area contributed by atoms with Crippen molar-refractivity contribution in [3.8, 4) is 5.88 Å². The number of aliphatic hydroxyl groups excluding tert-OH is 1. The smallest absolute Gasteiger partial charge is 0.331 e. The van der Waals surface area contributed by atoms with Gasteiger partial charge in [-0.2, -0.15) is 0 Å². The third kappa shape index (κ3) is 1.75. The van der Waals surface area contributed by atoms with Gasteiger partial charge < -0.3 is 10.2 Å². The summed E-state index contributed by atoms with van der Waals surface area (Å²) in [6, 6.07) is 0.0124. The van der Waals surface area contributed by atoms with Crippen LogP contribution in [0, 0.1) is 0 Å². The van der Waals surface area contributed by atoms with Crippen molar-refractivity contribution in [3.05, 3.63) is 16.7 Å². The number of imidazole rings is 1. The van der Waals surface area contributed by atoms with E-state index in [4.69, 9.17) is 5.11 Å². The molecule has 0 bridgehead atoms. The topological polar surface area (TPSA) is 67.4 Å². The van der Waals surface area contributed by atoms with Crippen LogP contribution >= 0.6 is 0 Å². The Labute approximate surface area is 75.9 Å². The first kappa shape index (κ1) is 9.85. The summed E-state index contributed by atoms with van der Waals surface area (Å²) >= 11 is 0. The van der Waals surface area contributed by atoms with Crippen LogP contribution in [-0.2, 0) is 6.54 Å². The van der Waals surface area contributed by atoms with E-state index in [2.05, 4.69) is 0 Å². The van der Waals surface area contributed by atoms with Crippen molar-refractivity contribution in [1.29, 1.82) is 0 Å². The first-order valence-electron chi connectivity index (χ1n) is 4.19. The van der Waals surface area contributed by atoms with E-state index in [9.17, 15) is 9.90 Å². The summed E-state index contributed by atoms with van der Waals surface area (Å²) < 4.78 is 2.56. The fourth-order valence-electron chi connectivity index (χ4n) is 1.17. The van der Waals surface area contributed by atoms with E-state index in [1.807, 2.05) is 13.8 Å². The van der Waals surface area contributed by atoms with Crippen molar-refractivity contribution in [3.63, 3.8) is 0 Å². The molecule has 0 atom stereocenters. The Balaban J connectivity index is 3.15. The van der Waals surface area contributed by atoms with E-state index < -0.39 is 0 Å². The van der Waals surface area contributed by atoms with Crippen molar-refractivity contribution in [2.24, 2.45) is 0 Å². The SMILES string of the molecule is CC(C)n1cc(O)n(CCO)c1=O. The van der Waals surface area contributed by atoms with Crippen molar-refractivity contribution in [1.82, 2.24) is 9.13 Å². The third-order valence-electron chi connectivity index (χ3n) is 1.86. The minimum atomic E-state index is -0.290. The van der Waals surface area contributed by atoms with Gasteiger partial charge in [0, 0.05) is 6.04 Å². The van der Waals surface area contributed by atoms with Crippen LogP contribution in [0.2, 0.25) is 0 Å². The minimum absolute atomic E-state index is 0.0124. The average Bonchev–Trinajstić information content (AvgIpc) is 2.32. The Morgan fingerprint density at radius 2 is 2.15 bits per heavy atom. The average molecular weight is 186 g/mol. The van der Waals surface area contributed by atoms with Crippen molar-refractivity contribution in [2.45, 2.75) is 26.4 Å². The predicted octanol–water partition coefficient (Wildman–Crippen LogP) is -0.0714. The van der Waals surface area contributed by atoms with Crippen LogP contribution in [0.3, 0.4) is 0 Å². The van der Waals surface area contributed by atoms with E-state index in [0.717, 1.165) is 4.57 Å². The maximum atomic E-state index is 11.5. The maximum Gasteiger partial charge on any atom is 0.331 e. The Bertz CT molecular complexity index is 338. The number of hydrogen-bond donors (Lipinski definition) is 2. The van der Waals surface area contributed by atoms with Gasteiger partial charge in [0.25, 0.3) is 0 Å². The fourth-order valence-corrected chi connectivity index (χ4v) is 1.17. The molecule has 0 saturated carbocycles. The highest BCUT2D eigenvalue weighted by molar-refractivity contribution is 5.05. The zero-order valence-corrected chi connectivity index (χ0v) is 7.77.